The lowest BCUT2D eigenvalue weighted by Crippen LogP contribution is -2.27. The predicted molar refractivity (Wildman–Crippen MR) is 107 cm³/mol. The quantitative estimate of drug-likeness (QED) is 0.574. The molecule has 0 aliphatic carbocycles. The minimum Gasteiger partial charge on any atom is -0.300 e. The number of carbonyl (C=O) groups is 1. The summed E-state index contributed by atoms with van der Waals surface area (Å²) in [5, 5.41) is 3.17. The highest BCUT2D eigenvalue weighted by atomic mass is 32.1. The first-order chi connectivity index (χ1) is 13.5. The summed E-state index contributed by atoms with van der Waals surface area (Å²) in [6.07, 6.45) is 1.24. The van der Waals surface area contributed by atoms with E-state index in [1.54, 1.807) is 18.2 Å². The number of hydrogen-bond donors (Lipinski definition) is 1. The van der Waals surface area contributed by atoms with Crippen LogP contribution in [0.3, 0.4) is 0 Å². The molecule has 4 rings (SSSR count). The Morgan fingerprint density at radius 1 is 1.21 bits per heavy atom. The van der Waals surface area contributed by atoms with Gasteiger partial charge in [-0.15, -0.1) is 0 Å². The Kier molecular flexibility index (Phi) is 4.70. The molecule has 0 aliphatic heterocycles. The van der Waals surface area contributed by atoms with Gasteiger partial charge in [0.2, 0.25) is 5.91 Å². The predicted octanol–water partition coefficient (Wildman–Crippen LogP) is 3.61. The Morgan fingerprint density at radius 3 is 2.82 bits per heavy atom. The van der Waals surface area contributed by atoms with Gasteiger partial charge in [-0.1, -0.05) is 29.5 Å². The molecule has 0 saturated heterocycles. The molecule has 6 nitrogen and oxygen atoms in total. The zero-order valence-corrected chi connectivity index (χ0v) is 15.7. The van der Waals surface area contributed by atoms with Gasteiger partial charge in [0, 0.05) is 11.6 Å². The molecule has 28 heavy (non-hydrogen) atoms. The lowest BCUT2D eigenvalue weighted by molar-refractivity contribution is -0.116. The molecular weight excluding hydrogens is 379 g/mol. The number of aromatic nitrogens is 3. The number of nitrogens with one attached hydrogen (secondary N) is 1. The maximum atomic E-state index is 13.9. The summed E-state index contributed by atoms with van der Waals surface area (Å²) in [6, 6.07) is 13.1. The second kappa shape index (κ2) is 7.32. The molecule has 2 heterocycles. The summed E-state index contributed by atoms with van der Waals surface area (Å²) in [4.78, 5) is 33.1. The van der Waals surface area contributed by atoms with E-state index in [-0.39, 0.29) is 17.8 Å². The van der Waals surface area contributed by atoms with Crippen molar-refractivity contribution in [2.75, 3.05) is 5.32 Å². The maximum Gasteiger partial charge on any atom is 0.254 e. The topological polar surface area (TPSA) is 76.9 Å². The van der Waals surface area contributed by atoms with Gasteiger partial charge in [0.05, 0.1) is 22.2 Å². The van der Waals surface area contributed by atoms with E-state index in [9.17, 15) is 14.0 Å². The highest BCUT2D eigenvalue weighted by molar-refractivity contribution is 7.22. The largest absolute Gasteiger partial charge is 0.300 e. The molecule has 8 heteroatoms. The maximum absolute atomic E-state index is 13.9. The third-order valence-electron chi connectivity index (χ3n) is 4.13. The molecule has 2 aromatic heterocycles. The van der Waals surface area contributed by atoms with Crippen LogP contribution in [0, 0.1) is 12.7 Å². The van der Waals surface area contributed by atoms with E-state index in [4.69, 9.17) is 0 Å². The highest BCUT2D eigenvalue weighted by Gasteiger charge is 2.12. The Labute approximate surface area is 163 Å². The van der Waals surface area contributed by atoms with Gasteiger partial charge in [0.15, 0.2) is 5.13 Å². The zero-order valence-electron chi connectivity index (χ0n) is 14.8. The molecule has 0 fully saturated rings. The van der Waals surface area contributed by atoms with Gasteiger partial charge in [0.1, 0.15) is 12.4 Å². The first-order valence-electron chi connectivity index (χ1n) is 8.48. The minimum absolute atomic E-state index is 0.210. The number of hydrogen-bond acceptors (Lipinski definition) is 5. The van der Waals surface area contributed by atoms with Crippen molar-refractivity contribution in [3.8, 4) is 11.3 Å². The van der Waals surface area contributed by atoms with Crippen molar-refractivity contribution in [1.29, 1.82) is 0 Å². The number of benzene rings is 2. The fourth-order valence-electron chi connectivity index (χ4n) is 2.76. The lowest BCUT2D eigenvalue weighted by atomic mass is 10.1. The second-order valence-corrected chi connectivity index (χ2v) is 7.29. The molecule has 1 amide bonds. The molecule has 0 unspecified atom stereocenters. The average molecular weight is 394 g/mol. The van der Waals surface area contributed by atoms with Crippen LogP contribution in [0.25, 0.3) is 21.5 Å². The van der Waals surface area contributed by atoms with E-state index < -0.39 is 17.3 Å². The monoisotopic (exact) mass is 394 g/mol. The Balaban J connectivity index is 1.51. The number of carbonyl (C=O) groups excluding carboxylic acids is 1. The van der Waals surface area contributed by atoms with Crippen molar-refractivity contribution < 1.29 is 9.18 Å². The summed E-state index contributed by atoms with van der Waals surface area (Å²) in [6.45, 7) is 1.78. The van der Waals surface area contributed by atoms with E-state index in [0.717, 1.165) is 20.3 Å². The van der Waals surface area contributed by atoms with Crippen LogP contribution in [0.1, 0.15) is 5.56 Å². The van der Waals surface area contributed by atoms with E-state index in [1.165, 1.54) is 29.8 Å². The van der Waals surface area contributed by atoms with Crippen LogP contribution >= 0.6 is 11.3 Å². The zero-order chi connectivity index (χ0) is 19.7. The molecular formula is C20H15FN4O2S. The number of fused-ring (bicyclic) bond motifs is 1. The van der Waals surface area contributed by atoms with Crippen LogP contribution in [0.4, 0.5) is 9.52 Å². The number of aryl methyl sites for hydroxylation is 1. The Morgan fingerprint density at radius 2 is 2.04 bits per heavy atom. The number of anilines is 1. The first kappa shape index (κ1) is 18.0. The Bertz CT molecular complexity index is 1250. The van der Waals surface area contributed by atoms with Crippen molar-refractivity contribution in [3.63, 3.8) is 0 Å². The van der Waals surface area contributed by atoms with Crippen LogP contribution in [-0.2, 0) is 11.3 Å². The van der Waals surface area contributed by atoms with Crippen molar-refractivity contribution in [2.45, 2.75) is 13.5 Å². The summed E-state index contributed by atoms with van der Waals surface area (Å²) in [5.74, 6) is -0.853. The van der Waals surface area contributed by atoms with Crippen LogP contribution in [0.2, 0.25) is 0 Å². The SMILES string of the molecule is Cc1ccc2nc(NC(=O)Cn3cnc(-c4ccccc4F)cc3=O)sc2c1. The number of amides is 1. The van der Waals surface area contributed by atoms with Crippen molar-refractivity contribution >= 4 is 32.6 Å². The van der Waals surface area contributed by atoms with Crippen LogP contribution < -0.4 is 10.9 Å². The fraction of sp³-hybridized carbons (Fsp3) is 0.100. The molecule has 0 radical (unpaired) electrons. The van der Waals surface area contributed by atoms with E-state index >= 15 is 0 Å². The van der Waals surface area contributed by atoms with E-state index in [1.807, 2.05) is 25.1 Å². The standard InChI is InChI=1S/C20H15FN4O2S/c1-12-6-7-15-17(8-12)28-20(23-15)24-18(26)10-25-11-22-16(9-19(25)27)13-4-2-3-5-14(13)21/h2-9,11H,10H2,1H3,(H,23,24,26). The van der Waals surface area contributed by atoms with Gasteiger partial charge in [-0.05, 0) is 36.8 Å². The summed E-state index contributed by atoms with van der Waals surface area (Å²) < 4.78 is 16.0. The molecule has 1 N–H and O–H groups in total. The summed E-state index contributed by atoms with van der Waals surface area (Å²) in [7, 11) is 0. The number of halogens is 1. The third kappa shape index (κ3) is 3.67. The van der Waals surface area contributed by atoms with Gasteiger partial charge in [0.25, 0.3) is 5.56 Å². The van der Waals surface area contributed by atoms with Crippen molar-refractivity contribution in [1.82, 2.24) is 14.5 Å². The first-order valence-corrected chi connectivity index (χ1v) is 9.30. The summed E-state index contributed by atoms with van der Waals surface area (Å²) >= 11 is 1.37. The van der Waals surface area contributed by atoms with Gasteiger partial charge in [-0.25, -0.2) is 14.4 Å². The van der Waals surface area contributed by atoms with Gasteiger partial charge >= 0.3 is 0 Å². The normalized spacial score (nSPS) is 10.9. The highest BCUT2D eigenvalue weighted by Crippen LogP contribution is 2.26. The van der Waals surface area contributed by atoms with Crippen molar-refractivity contribution in [2.24, 2.45) is 0 Å². The molecule has 140 valence electrons. The van der Waals surface area contributed by atoms with Crippen molar-refractivity contribution in [3.05, 3.63) is 76.6 Å². The smallest absolute Gasteiger partial charge is 0.254 e. The number of rotatable bonds is 4. The fourth-order valence-corrected chi connectivity index (χ4v) is 3.74. The number of thiazole rings is 1. The minimum atomic E-state index is -0.462. The second-order valence-electron chi connectivity index (χ2n) is 6.26. The lowest BCUT2D eigenvalue weighted by Gasteiger charge is -2.07. The molecule has 4 aromatic rings. The molecule has 0 bridgehead atoms. The van der Waals surface area contributed by atoms with Gasteiger partial charge in [-0.2, -0.15) is 0 Å². The molecule has 0 saturated carbocycles. The van der Waals surface area contributed by atoms with Gasteiger partial charge in [-0.3, -0.25) is 14.2 Å². The number of nitrogens with zero attached hydrogens (tertiary/aromatic N) is 3. The molecule has 0 atom stereocenters. The van der Waals surface area contributed by atoms with Crippen LogP contribution in [-0.4, -0.2) is 20.4 Å². The van der Waals surface area contributed by atoms with E-state index in [0.29, 0.717) is 5.13 Å². The molecule has 0 aliphatic rings. The third-order valence-corrected chi connectivity index (χ3v) is 5.07. The molecule has 0 spiro atoms. The van der Waals surface area contributed by atoms with E-state index in [2.05, 4.69) is 15.3 Å². The molecule has 2 aromatic carbocycles. The summed E-state index contributed by atoms with van der Waals surface area (Å²) in [5.41, 5.74) is 1.94. The van der Waals surface area contributed by atoms with Gasteiger partial charge < -0.3 is 5.32 Å². The average Bonchev–Trinajstić information content (AvgIpc) is 3.05. The Hall–Kier alpha value is -3.39. The van der Waals surface area contributed by atoms with Crippen LogP contribution in [0.15, 0.2) is 59.7 Å². The van der Waals surface area contributed by atoms with Crippen LogP contribution in [0.5, 0.6) is 0 Å².